The lowest BCUT2D eigenvalue weighted by Crippen LogP contribution is -2.29. The van der Waals surface area contributed by atoms with Crippen molar-refractivity contribution < 1.29 is 4.79 Å². The van der Waals surface area contributed by atoms with Gasteiger partial charge in [-0.25, -0.2) is 14.8 Å². The minimum absolute atomic E-state index is 0.0461. The van der Waals surface area contributed by atoms with Crippen molar-refractivity contribution in [2.75, 3.05) is 11.4 Å². The quantitative estimate of drug-likeness (QED) is 0.514. The first-order chi connectivity index (χ1) is 14.3. The van der Waals surface area contributed by atoms with E-state index in [1.807, 2.05) is 23.1 Å². The third kappa shape index (κ3) is 2.89. The zero-order valence-electron chi connectivity index (χ0n) is 15.6. The molecule has 1 aliphatic heterocycles. The Bertz CT molecular complexity index is 1210. The second kappa shape index (κ2) is 6.42. The number of thiazole rings is 1. The van der Waals surface area contributed by atoms with Gasteiger partial charge in [0.15, 0.2) is 0 Å². The summed E-state index contributed by atoms with van der Waals surface area (Å²) >= 11 is 1.71. The number of carbonyl (C=O) groups excluding carboxylic acids is 1. The normalized spacial score (nSPS) is 19.1. The molecule has 144 valence electrons. The highest BCUT2D eigenvalue weighted by Gasteiger charge is 2.33. The van der Waals surface area contributed by atoms with E-state index < -0.39 is 0 Å². The molecule has 3 heterocycles. The van der Waals surface area contributed by atoms with E-state index in [2.05, 4.69) is 44.9 Å². The summed E-state index contributed by atoms with van der Waals surface area (Å²) in [7, 11) is 0. The molecule has 1 unspecified atom stereocenters. The van der Waals surface area contributed by atoms with Crippen LogP contribution in [-0.4, -0.2) is 27.5 Å². The number of nitrogens with one attached hydrogen (secondary N) is 2. The van der Waals surface area contributed by atoms with E-state index in [9.17, 15) is 4.79 Å². The number of hydrogen-bond donors (Lipinski definition) is 2. The SMILES string of the molecule is O=C1NCC(c2ccc(-c3nc(C4CC4)cs3)cc2)N1c1ccc2nc[nH]c2c1. The van der Waals surface area contributed by atoms with Crippen molar-refractivity contribution in [3.8, 4) is 10.6 Å². The lowest BCUT2D eigenvalue weighted by Gasteiger charge is -2.23. The molecule has 0 spiro atoms. The van der Waals surface area contributed by atoms with Crippen LogP contribution in [0.15, 0.2) is 54.2 Å². The van der Waals surface area contributed by atoms with E-state index in [0.29, 0.717) is 12.5 Å². The molecule has 2 aromatic heterocycles. The molecule has 6 nitrogen and oxygen atoms in total. The summed E-state index contributed by atoms with van der Waals surface area (Å²) in [6, 6.07) is 14.2. The van der Waals surface area contributed by atoms with Crippen molar-refractivity contribution in [1.82, 2.24) is 20.3 Å². The van der Waals surface area contributed by atoms with Crippen molar-refractivity contribution in [3.63, 3.8) is 0 Å². The Balaban J connectivity index is 1.30. The largest absolute Gasteiger partial charge is 0.345 e. The van der Waals surface area contributed by atoms with Crippen LogP contribution in [0, 0.1) is 0 Å². The zero-order chi connectivity index (χ0) is 19.4. The summed E-state index contributed by atoms with van der Waals surface area (Å²) < 4.78 is 0. The van der Waals surface area contributed by atoms with Crippen molar-refractivity contribution in [3.05, 3.63) is 65.4 Å². The summed E-state index contributed by atoms with van der Waals surface area (Å²) in [5.74, 6) is 0.676. The molecule has 2 fully saturated rings. The average molecular weight is 401 g/mol. The van der Waals surface area contributed by atoms with Gasteiger partial charge in [-0.1, -0.05) is 24.3 Å². The molecule has 7 heteroatoms. The lowest BCUT2D eigenvalue weighted by atomic mass is 10.0. The maximum Gasteiger partial charge on any atom is 0.322 e. The van der Waals surface area contributed by atoms with Gasteiger partial charge >= 0.3 is 6.03 Å². The van der Waals surface area contributed by atoms with Crippen molar-refractivity contribution in [2.24, 2.45) is 0 Å². The van der Waals surface area contributed by atoms with Crippen molar-refractivity contribution in [2.45, 2.75) is 24.8 Å². The lowest BCUT2D eigenvalue weighted by molar-refractivity contribution is 0.251. The molecule has 2 aromatic carbocycles. The Morgan fingerprint density at radius 1 is 1.10 bits per heavy atom. The standard InChI is InChI=1S/C22H19N5OS/c28-22-23-10-20(27(22)16-7-8-17-18(9-16)25-12-24-17)14-3-5-15(6-4-14)21-26-19(11-29-21)13-1-2-13/h3-9,11-13,20H,1-2,10H2,(H,23,28)(H,24,25). The van der Waals surface area contributed by atoms with Crippen LogP contribution in [0.2, 0.25) is 0 Å². The number of carbonyl (C=O) groups is 1. The van der Waals surface area contributed by atoms with Crippen LogP contribution in [-0.2, 0) is 0 Å². The molecule has 6 rings (SSSR count). The number of anilines is 1. The molecule has 1 saturated carbocycles. The zero-order valence-corrected chi connectivity index (χ0v) is 16.4. The van der Waals surface area contributed by atoms with Gasteiger partial charge in [-0.05, 0) is 36.6 Å². The number of amides is 2. The monoisotopic (exact) mass is 401 g/mol. The summed E-state index contributed by atoms with van der Waals surface area (Å²) in [6.45, 7) is 0.586. The molecule has 1 aliphatic carbocycles. The average Bonchev–Trinajstić information content (AvgIpc) is 3.15. The number of nitrogens with zero attached hydrogens (tertiary/aromatic N) is 3. The number of urea groups is 1. The summed E-state index contributed by atoms with van der Waals surface area (Å²) in [6.07, 6.45) is 4.21. The van der Waals surface area contributed by atoms with Gasteiger partial charge in [0.2, 0.25) is 0 Å². The Morgan fingerprint density at radius 2 is 1.97 bits per heavy atom. The fraction of sp³-hybridized carbons (Fsp3) is 0.227. The van der Waals surface area contributed by atoms with Crippen LogP contribution in [0.3, 0.4) is 0 Å². The first-order valence-corrected chi connectivity index (χ1v) is 10.7. The number of H-pyrrole nitrogens is 1. The number of aromatic amines is 1. The maximum atomic E-state index is 12.6. The number of rotatable bonds is 4. The number of aromatic nitrogens is 3. The maximum absolute atomic E-state index is 12.6. The minimum atomic E-state index is -0.0769. The van der Waals surface area contributed by atoms with Crippen LogP contribution in [0.1, 0.15) is 36.1 Å². The molecule has 0 bridgehead atoms. The smallest absolute Gasteiger partial charge is 0.322 e. The van der Waals surface area contributed by atoms with Crippen LogP contribution in [0.4, 0.5) is 10.5 Å². The van der Waals surface area contributed by atoms with Crippen molar-refractivity contribution >= 4 is 34.1 Å². The second-order valence-corrected chi connectivity index (χ2v) is 8.51. The van der Waals surface area contributed by atoms with Gasteiger partial charge in [-0.3, -0.25) is 4.90 Å². The molecule has 1 saturated heterocycles. The molecular formula is C22H19N5OS. The van der Waals surface area contributed by atoms with E-state index in [-0.39, 0.29) is 12.1 Å². The second-order valence-electron chi connectivity index (χ2n) is 7.65. The molecule has 0 radical (unpaired) electrons. The van der Waals surface area contributed by atoms with Gasteiger partial charge < -0.3 is 10.3 Å². The van der Waals surface area contributed by atoms with Crippen LogP contribution >= 0.6 is 11.3 Å². The predicted molar refractivity (Wildman–Crippen MR) is 114 cm³/mol. The Labute approximate surface area is 171 Å². The number of fused-ring (bicyclic) bond motifs is 1. The molecule has 4 aromatic rings. The molecule has 2 N–H and O–H groups in total. The summed E-state index contributed by atoms with van der Waals surface area (Å²) in [5.41, 5.74) is 6.15. The highest BCUT2D eigenvalue weighted by Crippen LogP contribution is 2.41. The summed E-state index contributed by atoms with van der Waals surface area (Å²) in [4.78, 5) is 26.6. The van der Waals surface area contributed by atoms with Crippen LogP contribution < -0.4 is 10.2 Å². The molecule has 29 heavy (non-hydrogen) atoms. The molecule has 2 amide bonds. The van der Waals surface area contributed by atoms with Crippen LogP contribution in [0.25, 0.3) is 21.6 Å². The third-order valence-corrected chi connectivity index (χ3v) is 6.63. The highest BCUT2D eigenvalue weighted by molar-refractivity contribution is 7.13. The van der Waals surface area contributed by atoms with E-state index in [4.69, 9.17) is 4.98 Å². The van der Waals surface area contributed by atoms with E-state index in [0.717, 1.165) is 32.9 Å². The van der Waals surface area contributed by atoms with E-state index >= 15 is 0 Å². The first kappa shape index (κ1) is 16.7. The summed E-state index contributed by atoms with van der Waals surface area (Å²) in [5, 5.41) is 6.24. The van der Waals surface area contributed by atoms with Gasteiger partial charge in [0.1, 0.15) is 5.01 Å². The van der Waals surface area contributed by atoms with E-state index in [1.54, 1.807) is 17.7 Å². The predicted octanol–water partition coefficient (Wildman–Crippen LogP) is 4.83. The van der Waals surface area contributed by atoms with Gasteiger partial charge in [0.25, 0.3) is 0 Å². The number of benzene rings is 2. The Morgan fingerprint density at radius 3 is 2.79 bits per heavy atom. The van der Waals surface area contributed by atoms with Crippen molar-refractivity contribution in [1.29, 1.82) is 0 Å². The Kier molecular flexibility index (Phi) is 3.70. The van der Waals surface area contributed by atoms with Crippen LogP contribution in [0.5, 0.6) is 0 Å². The number of hydrogen-bond acceptors (Lipinski definition) is 4. The number of imidazole rings is 1. The molecular weight excluding hydrogens is 382 g/mol. The Hall–Kier alpha value is -3.19. The highest BCUT2D eigenvalue weighted by atomic mass is 32.1. The topological polar surface area (TPSA) is 73.9 Å². The third-order valence-electron chi connectivity index (χ3n) is 5.72. The molecule has 1 atom stereocenters. The molecule has 2 aliphatic rings. The van der Waals surface area contributed by atoms with Gasteiger partial charge in [0.05, 0.1) is 29.1 Å². The van der Waals surface area contributed by atoms with E-state index in [1.165, 1.54) is 18.5 Å². The van der Waals surface area contributed by atoms with Gasteiger partial charge in [-0.2, -0.15) is 0 Å². The minimum Gasteiger partial charge on any atom is -0.345 e. The van der Waals surface area contributed by atoms with Gasteiger partial charge in [0, 0.05) is 29.1 Å². The fourth-order valence-corrected chi connectivity index (χ4v) is 4.88. The van der Waals surface area contributed by atoms with Gasteiger partial charge in [-0.15, -0.1) is 11.3 Å². The first-order valence-electron chi connectivity index (χ1n) is 9.82. The fourth-order valence-electron chi connectivity index (χ4n) is 3.97.